The molecule has 1 aliphatic carbocycles. The smallest absolute Gasteiger partial charge is 0.387 e. The van der Waals surface area contributed by atoms with Crippen LogP contribution in [0, 0.1) is 0 Å². The summed E-state index contributed by atoms with van der Waals surface area (Å²) in [6, 6.07) is 8.09. The maximum absolute atomic E-state index is 12.6. The molecular weight excluding hydrogens is 304 g/mol. The first-order valence-electron chi connectivity index (χ1n) is 7.47. The number of hydrogen-bond donors (Lipinski definition) is 1. The molecule has 0 amide bonds. The van der Waals surface area contributed by atoms with Gasteiger partial charge in [-0.1, -0.05) is 0 Å². The molecule has 1 aromatic heterocycles. The minimum absolute atomic E-state index is 0.0269. The number of hydrogen-bond acceptors (Lipinski definition) is 5. The second-order valence-corrected chi connectivity index (χ2v) is 5.41. The van der Waals surface area contributed by atoms with E-state index in [2.05, 4.69) is 14.9 Å². The molecule has 5 nitrogen and oxygen atoms in total. The third-order valence-corrected chi connectivity index (χ3v) is 3.74. The zero-order valence-corrected chi connectivity index (χ0v) is 12.4. The topological polar surface area (TPSA) is 70.3 Å². The zero-order valence-electron chi connectivity index (χ0n) is 12.4. The van der Waals surface area contributed by atoms with Crippen LogP contribution in [0.25, 0.3) is 11.3 Å². The lowest BCUT2D eigenvalue weighted by molar-refractivity contribution is -0.0520. The fraction of sp³-hybridized carbons (Fsp3) is 0.375. The fourth-order valence-corrected chi connectivity index (χ4v) is 2.64. The van der Waals surface area contributed by atoms with Crippen molar-refractivity contribution in [2.75, 3.05) is 5.73 Å². The van der Waals surface area contributed by atoms with Crippen LogP contribution in [0.4, 0.5) is 14.6 Å². The van der Waals surface area contributed by atoms with Crippen molar-refractivity contribution in [1.29, 1.82) is 0 Å². The quantitative estimate of drug-likeness (QED) is 0.910. The molecule has 3 rings (SSSR count). The van der Waals surface area contributed by atoms with Gasteiger partial charge in [0.1, 0.15) is 5.82 Å². The Bertz CT molecular complexity index is 659. The Hall–Kier alpha value is -2.44. The maximum Gasteiger partial charge on any atom is 0.387 e. The molecular formula is C16H17F2N3O2. The van der Waals surface area contributed by atoms with Crippen LogP contribution >= 0.6 is 0 Å². The molecule has 1 aliphatic rings. The van der Waals surface area contributed by atoms with Crippen LogP contribution in [0.5, 0.6) is 11.5 Å². The van der Waals surface area contributed by atoms with Crippen LogP contribution in [0.3, 0.4) is 0 Å². The summed E-state index contributed by atoms with van der Waals surface area (Å²) in [7, 11) is 0. The second kappa shape index (κ2) is 6.76. The van der Waals surface area contributed by atoms with Gasteiger partial charge in [0.05, 0.1) is 11.8 Å². The predicted octanol–water partition coefficient (Wildman–Crippen LogP) is 3.65. The van der Waals surface area contributed by atoms with Crippen molar-refractivity contribution in [3.05, 3.63) is 30.3 Å². The number of nitrogens with zero attached hydrogens (tertiary/aromatic N) is 2. The summed E-state index contributed by atoms with van der Waals surface area (Å²) in [5.41, 5.74) is 6.80. The van der Waals surface area contributed by atoms with Gasteiger partial charge in [-0.05, 0) is 56.0 Å². The monoisotopic (exact) mass is 321 g/mol. The molecule has 7 heteroatoms. The van der Waals surface area contributed by atoms with E-state index in [9.17, 15) is 8.78 Å². The number of benzene rings is 1. The van der Waals surface area contributed by atoms with E-state index >= 15 is 0 Å². The molecule has 0 atom stereocenters. The van der Waals surface area contributed by atoms with Gasteiger partial charge in [-0.3, -0.25) is 0 Å². The van der Waals surface area contributed by atoms with Crippen LogP contribution in [-0.4, -0.2) is 22.9 Å². The molecule has 2 N–H and O–H groups in total. The number of ether oxygens (including phenoxy) is 2. The van der Waals surface area contributed by atoms with Gasteiger partial charge in [0.2, 0.25) is 0 Å². The standard InChI is InChI=1S/C16H17F2N3O2/c17-16(18)23-13-7-5-10(12-6-8-15(19)21-20-12)9-14(13)22-11-3-1-2-4-11/h5-9,11,16H,1-4H2,(H2,19,21). The number of aromatic nitrogens is 2. The predicted molar refractivity (Wildman–Crippen MR) is 81.4 cm³/mol. The minimum atomic E-state index is -2.90. The van der Waals surface area contributed by atoms with E-state index in [0.29, 0.717) is 22.8 Å². The van der Waals surface area contributed by atoms with Crippen molar-refractivity contribution in [2.45, 2.75) is 38.4 Å². The number of nitrogen functional groups attached to an aromatic ring is 1. The number of anilines is 1. The van der Waals surface area contributed by atoms with Crippen LogP contribution in [0.1, 0.15) is 25.7 Å². The van der Waals surface area contributed by atoms with E-state index in [1.165, 1.54) is 6.07 Å². The largest absolute Gasteiger partial charge is 0.487 e. The summed E-state index contributed by atoms with van der Waals surface area (Å²) < 4.78 is 35.5. The first-order chi connectivity index (χ1) is 11.1. The van der Waals surface area contributed by atoms with Crippen molar-refractivity contribution in [2.24, 2.45) is 0 Å². The first kappa shape index (κ1) is 15.5. The molecule has 1 heterocycles. The van der Waals surface area contributed by atoms with E-state index in [1.54, 1.807) is 24.3 Å². The second-order valence-electron chi connectivity index (χ2n) is 5.41. The van der Waals surface area contributed by atoms with Gasteiger partial charge in [-0.15, -0.1) is 10.2 Å². The Balaban J connectivity index is 1.90. The Labute approximate surface area is 132 Å². The number of alkyl halides is 2. The van der Waals surface area contributed by atoms with Gasteiger partial charge in [0.15, 0.2) is 11.5 Å². The van der Waals surface area contributed by atoms with Gasteiger partial charge in [0.25, 0.3) is 0 Å². The SMILES string of the molecule is Nc1ccc(-c2ccc(OC(F)F)c(OC3CCCC3)c2)nn1. The van der Waals surface area contributed by atoms with Gasteiger partial charge in [-0.25, -0.2) is 0 Å². The highest BCUT2D eigenvalue weighted by Gasteiger charge is 2.20. The van der Waals surface area contributed by atoms with Gasteiger partial charge in [0, 0.05) is 5.56 Å². The van der Waals surface area contributed by atoms with Crippen molar-refractivity contribution < 1.29 is 18.3 Å². The van der Waals surface area contributed by atoms with Crippen molar-refractivity contribution in [1.82, 2.24) is 10.2 Å². The molecule has 0 saturated heterocycles. The highest BCUT2D eigenvalue weighted by molar-refractivity contribution is 5.64. The average molecular weight is 321 g/mol. The van der Waals surface area contributed by atoms with Crippen LogP contribution < -0.4 is 15.2 Å². The summed E-state index contributed by atoms with van der Waals surface area (Å²) in [5, 5.41) is 7.79. The summed E-state index contributed by atoms with van der Waals surface area (Å²) in [4.78, 5) is 0. The Morgan fingerprint density at radius 3 is 2.48 bits per heavy atom. The van der Waals surface area contributed by atoms with Crippen LogP contribution in [0.15, 0.2) is 30.3 Å². The Morgan fingerprint density at radius 1 is 1.04 bits per heavy atom. The highest BCUT2D eigenvalue weighted by Crippen LogP contribution is 2.35. The summed E-state index contributed by atoms with van der Waals surface area (Å²) >= 11 is 0. The summed E-state index contributed by atoms with van der Waals surface area (Å²) in [6.07, 6.45) is 4.03. The van der Waals surface area contributed by atoms with Gasteiger partial charge < -0.3 is 15.2 Å². The van der Waals surface area contributed by atoms with Crippen molar-refractivity contribution in [3.8, 4) is 22.8 Å². The van der Waals surface area contributed by atoms with Crippen molar-refractivity contribution >= 4 is 5.82 Å². The van der Waals surface area contributed by atoms with Gasteiger partial charge in [-0.2, -0.15) is 8.78 Å². The Morgan fingerprint density at radius 2 is 1.83 bits per heavy atom. The average Bonchev–Trinajstić information content (AvgIpc) is 3.02. The summed E-state index contributed by atoms with van der Waals surface area (Å²) in [5.74, 6) is 0.640. The molecule has 0 aliphatic heterocycles. The third-order valence-electron chi connectivity index (χ3n) is 3.74. The lowest BCUT2D eigenvalue weighted by atomic mass is 10.1. The molecule has 23 heavy (non-hydrogen) atoms. The molecule has 0 bridgehead atoms. The van der Waals surface area contributed by atoms with Crippen molar-refractivity contribution in [3.63, 3.8) is 0 Å². The summed E-state index contributed by atoms with van der Waals surface area (Å²) in [6.45, 7) is -2.90. The number of nitrogens with two attached hydrogens (primary N) is 1. The molecule has 1 fully saturated rings. The normalized spacial score (nSPS) is 15.1. The van der Waals surface area contributed by atoms with E-state index < -0.39 is 6.61 Å². The first-order valence-corrected chi connectivity index (χ1v) is 7.47. The molecule has 0 spiro atoms. The molecule has 122 valence electrons. The van der Waals surface area contributed by atoms with E-state index in [-0.39, 0.29) is 11.9 Å². The zero-order chi connectivity index (χ0) is 16.2. The molecule has 0 radical (unpaired) electrons. The lowest BCUT2D eigenvalue weighted by Crippen LogP contribution is -2.13. The number of halogens is 2. The van der Waals surface area contributed by atoms with E-state index in [1.807, 2.05) is 0 Å². The molecule has 1 saturated carbocycles. The lowest BCUT2D eigenvalue weighted by Gasteiger charge is -2.17. The van der Waals surface area contributed by atoms with Crippen LogP contribution in [-0.2, 0) is 0 Å². The van der Waals surface area contributed by atoms with E-state index in [0.717, 1.165) is 25.7 Å². The van der Waals surface area contributed by atoms with Crippen LogP contribution in [0.2, 0.25) is 0 Å². The molecule has 1 aromatic carbocycles. The minimum Gasteiger partial charge on any atom is -0.487 e. The number of rotatable bonds is 5. The Kier molecular flexibility index (Phi) is 4.55. The van der Waals surface area contributed by atoms with Gasteiger partial charge >= 0.3 is 6.61 Å². The van der Waals surface area contributed by atoms with E-state index in [4.69, 9.17) is 10.5 Å². The molecule has 0 unspecified atom stereocenters. The fourth-order valence-electron chi connectivity index (χ4n) is 2.64. The highest BCUT2D eigenvalue weighted by atomic mass is 19.3. The third kappa shape index (κ3) is 3.85. The molecule has 2 aromatic rings. The maximum atomic E-state index is 12.6.